The average Bonchev–Trinajstić information content (AvgIpc) is 3.57. The first kappa shape index (κ1) is 28.1. The van der Waals surface area contributed by atoms with Gasteiger partial charge < -0.3 is 24.6 Å². The first-order valence-electron chi connectivity index (χ1n) is 13.0. The Morgan fingerprint density at radius 2 is 1.90 bits per heavy atom. The molecule has 6 atom stereocenters. The van der Waals surface area contributed by atoms with Gasteiger partial charge in [0.05, 0.1) is 35.9 Å². The summed E-state index contributed by atoms with van der Waals surface area (Å²) in [6.07, 6.45) is 5.10. The predicted molar refractivity (Wildman–Crippen MR) is 138 cm³/mol. The van der Waals surface area contributed by atoms with Crippen LogP contribution in [0.25, 0.3) is 11.3 Å². The molecule has 214 valence electrons. The molecule has 3 N–H and O–H groups in total. The van der Waals surface area contributed by atoms with Gasteiger partial charge in [0.2, 0.25) is 0 Å². The van der Waals surface area contributed by atoms with Gasteiger partial charge in [-0.05, 0) is 31.9 Å². The van der Waals surface area contributed by atoms with Crippen molar-refractivity contribution in [3.8, 4) is 11.3 Å². The first-order valence-corrected chi connectivity index (χ1v) is 14.6. The van der Waals surface area contributed by atoms with E-state index in [-0.39, 0.29) is 17.9 Å². The fourth-order valence-electron chi connectivity index (χ4n) is 6.12. The summed E-state index contributed by atoms with van der Waals surface area (Å²) in [6, 6.07) is 0.856. The van der Waals surface area contributed by atoms with Gasteiger partial charge in [-0.1, -0.05) is 29.6 Å². The van der Waals surface area contributed by atoms with E-state index in [1.807, 2.05) is 6.92 Å². The van der Waals surface area contributed by atoms with Gasteiger partial charge >= 0.3 is 0 Å². The molecular weight excluding hydrogens is 537 g/mol. The van der Waals surface area contributed by atoms with E-state index in [1.54, 1.807) is 0 Å². The molecule has 2 aromatic heterocycles. The zero-order valence-corrected chi connectivity index (χ0v) is 22.6. The highest BCUT2D eigenvalue weighted by molar-refractivity contribution is 8.18. The molecular formula is C26H33F3N4O5S. The third-order valence-electron chi connectivity index (χ3n) is 8.13. The number of methoxy groups -OCH3 is 1. The van der Waals surface area contributed by atoms with Crippen LogP contribution in [0, 0.1) is 24.4 Å². The molecule has 0 bridgehead atoms. The van der Waals surface area contributed by atoms with Gasteiger partial charge in [0, 0.05) is 29.2 Å². The minimum atomic E-state index is -1.58. The summed E-state index contributed by atoms with van der Waals surface area (Å²) in [5, 5.41) is 45.4. The highest BCUT2D eigenvalue weighted by atomic mass is 32.2. The zero-order chi connectivity index (χ0) is 27.9. The van der Waals surface area contributed by atoms with Crippen LogP contribution in [0.1, 0.15) is 54.7 Å². The van der Waals surface area contributed by atoms with E-state index in [2.05, 4.69) is 15.5 Å². The van der Waals surface area contributed by atoms with E-state index in [4.69, 9.17) is 9.26 Å². The van der Waals surface area contributed by atoms with Crippen molar-refractivity contribution in [2.24, 2.45) is 0 Å². The van der Waals surface area contributed by atoms with Crippen LogP contribution in [0.3, 0.4) is 0 Å². The summed E-state index contributed by atoms with van der Waals surface area (Å²) < 4.78 is 53.5. The van der Waals surface area contributed by atoms with Crippen molar-refractivity contribution in [3.05, 3.63) is 53.3 Å². The highest BCUT2D eigenvalue weighted by Gasteiger charge is 2.52. The number of halogens is 3. The molecule has 0 amide bonds. The van der Waals surface area contributed by atoms with Crippen LogP contribution in [-0.4, -0.2) is 78.0 Å². The lowest BCUT2D eigenvalue weighted by molar-refractivity contribution is -0.0199. The molecule has 1 aromatic carbocycles. The number of nitrogens with zero attached hydrogens (tertiary/aromatic N) is 4. The summed E-state index contributed by atoms with van der Waals surface area (Å²) in [6.45, 7) is 1.52. The number of aryl methyl sites for hydroxylation is 1. The Balaban J connectivity index is 1.50. The van der Waals surface area contributed by atoms with Gasteiger partial charge in [-0.15, -0.1) is 5.10 Å². The highest BCUT2D eigenvalue weighted by Crippen LogP contribution is 2.60. The first-order chi connectivity index (χ1) is 18.7. The summed E-state index contributed by atoms with van der Waals surface area (Å²) >= 11 is 0. The quantitative estimate of drug-likeness (QED) is 0.252. The van der Waals surface area contributed by atoms with Gasteiger partial charge in [-0.25, -0.2) is 28.7 Å². The summed E-state index contributed by atoms with van der Waals surface area (Å²) in [7, 11) is 0.218. The predicted octanol–water partition coefficient (Wildman–Crippen LogP) is 3.39. The lowest BCUT2D eigenvalue weighted by Crippen LogP contribution is -2.53. The third kappa shape index (κ3) is 5.10. The number of benzene rings is 1. The van der Waals surface area contributed by atoms with Gasteiger partial charge in [0.1, 0.15) is 23.7 Å². The van der Waals surface area contributed by atoms with Crippen molar-refractivity contribution in [2.75, 3.05) is 19.5 Å². The minimum Gasteiger partial charge on any atom is -0.395 e. The molecule has 1 aliphatic carbocycles. The molecule has 2 fully saturated rings. The lowest BCUT2D eigenvalue weighted by Gasteiger charge is -2.52. The summed E-state index contributed by atoms with van der Waals surface area (Å²) in [4.78, 5) is 0. The Bertz CT molecular complexity index is 1280. The van der Waals surface area contributed by atoms with Crippen molar-refractivity contribution in [3.63, 3.8) is 0 Å². The van der Waals surface area contributed by atoms with Crippen LogP contribution >= 0.6 is 10.9 Å². The second kappa shape index (κ2) is 11.2. The van der Waals surface area contributed by atoms with Crippen molar-refractivity contribution < 1.29 is 37.8 Å². The normalized spacial score (nSPS) is 28.9. The van der Waals surface area contributed by atoms with Crippen LogP contribution in [-0.2, 0) is 4.74 Å². The molecule has 5 rings (SSSR count). The topological polar surface area (TPSA) is 127 Å². The number of aliphatic hydroxyl groups excluding tert-OH is 2. The van der Waals surface area contributed by atoms with E-state index in [1.165, 1.54) is 24.3 Å². The molecule has 1 unspecified atom stereocenters. The maximum Gasteiger partial charge on any atom is 0.194 e. The monoisotopic (exact) mass is 570 g/mol. The second-order valence-corrected chi connectivity index (χ2v) is 13.1. The molecule has 1 saturated heterocycles. The standard InChI is InChI=1S/C26H33F3N4O5S/c1-14-12-38-31-22(14)25(26(36)6-4-3-5-7-26)39-13-19(37-2)23(24(35)20(39)11-34)33-10-18(30-32-33)15-8-16(27)21(29)17(28)9-15/h8-10,12,19-20,23-25,34-36,39H,3-7,11,13H2,1-2H3/t19-,20+,23+,24-,25+/m0/s1. The fourth-order valence-corrected chi connectivity index (χ4v) is 9.99. The Morgan fingerprint density at radius 3 is 2.49 bits per heavy atom. The number of ether oxygens (including phenoxy) is 1. The molecule has 39 heavy (non-hydrogen) atoms. The Labute approximate surface area is 226 Å². The van der Waals surface area contributed by atoms with Crippen molar-refractivity contribution in [1.29, 1.82) is 0 Å². The van der Waals surface area contributed by atoms with Gasteiger partial charge in [-0.3, -0.25) is 0 Å². The summed E-state index contributed by atoms with van der Waals surface area (Å²) in [5.41, 5.74) is 0.423. The van der Waals surface area contributed by atoms with Gasteiger partial charge in [-0.2, -0.15) is 0 Å². The Kier molecular flexibility index (Phi) is 8.07. The molecule has 3 aromatic rings. The number of aliphatic hydroxyl groups is 3. The van der Waals surface area contributed by atoms with E-state index < -0.39 is 62.7 Å². The largest absolute Gasteiger partial charge is 0.395 e. The molecule has 13 heteroatoms. The van der Waals surface area contributed by atoms with E-state index in [9.17, 15) is 28.5 Å². The summed E-state index contributed by atoms with van der Waals surface area (Å²) in [5.74, 6) is -3.88. The third-order valence-corrected chi connectivity index (χ3v) is 11.6. The van der Waals surface area contributed by atoms with Gasteiger partial charge in [0.15, 0.2) is 17.5 Å². The van der Waals surface area contributed by atoms with E-state index in [0.717, 1.165) is 37.0 Å². The molecule has 9 nitrogen and oxygen atoms in total. The SMILES string of the molecule is CO[C@H]1C[SH]([C@H](c2nocc2C)C2(O)CCCCC2)[C@H](CO)[C@H](O)[C@@H]1n1cc(-c2cc(F)c(F)c(F)c2)nn1. The zero-order valence-electron chi connectivity index (χ0n) is 21.7. The van der Waals surface area contributed by atoms with Crippen molar-refractivity contribution in [1.82, 2.24) is 20.2 Å². The lowest BCUT2D eigenvalue weighted by atomic mass is 9.81. The number of hydrogen-bond acceptors (Lipinski definition) is 8. The van der Waals surface area contributed by atoms with Crippen LogP contribution in [0.15, 0.2) is 29.1 Å². The van der Waals surface area contributed by atoms with Crippen LogP contribution in [0.5, 0.6) is 0 Å². The number of rotatable bonds is 7. The van der Waals surface area contributed by atoms with Crippen molar-refractivity contribution in [2.45, 2.75) is 73.4 Å². The number of aromatic nitrogens is 4. The van der Waals surface area contributed by atoms with E-state index in [0.29, 0.717) is 24.3 Å². The molecule has 3 heterocycles. The molecule has 1 saturated carbocycles. The Morgan fingerprint density at radius 1 is 1.21 bits per heavy atom. The van der Waals surface area contributed by atoms with E-state index >= 15 is 0 Å². The van der Waals surface area contributed by atoms with Gasteiger partial charge in [0.25, 0.3) is 0 Å². The van der Waals surface area contributed by atoms with Crippen LogP contribution in [0.2, 0.25) is 0 Å². The second-order valence-electron chi connectivity index (χ2n) is 10.5. The maximum absolute atomic E-state index is 13.8. The maximum atomic E-state index is 13.8. The molecule has 0 radical (unpaired) electrons. The molecule has 0 spiro atoms. The average molecular weight is 571 g/mol. The smallest absolute Gasteiger partial charge is 0.194 e. The fraction of sp³-hybridized carbons (Fsp3) is 0.577. The van der Waals surface area contributed by atoms with Crippen LogP contribution in [0.4, 0.5) is 13.2 Å². The molecule has 2 aliphatic rings. The van der Waals surface area contributed by atoms with Crippen LogP contribution < -0.4 is 0 Å². The number of hydrogen-bond donors (Lipinski definition) is 4. The van der Waals surface area contributed by atoms with Crippen molar-refractivity contribution >= 4 is 10.9 Å². The minimum absolute atomic E-state index is 0.0148. The molecule has 1 aliphatic heterocycles. The Hall–Kier alpha value is -2.45. The number of thiol groups is 1.